The van der Waals surface area contributed by atoms with E-state index in [2.05, 4.69) is 0 Å². The molecule has 80 valence electrons. The summed E-state index contributed by atoms with van der Waals surface area (Å²) < 4.78 is 0. The van der Waals surface area contributed by atoms with Crippen LogP contribution in [0.4, 0.5) is 0 Å². The maximum Gasteiger partial charge on any atom is 0.227 e. The van der Waals surface area contributed by atoms with Crippen LogP contribution in [-0.4, -0.2) is 30.4 Å². The summed E-state index contributed by atoms with van der Waals surface area (Å²) >= 11 is 0. The van der Waals surface area contributed by atoms with E-state index in [9.17, 15) is 4.79 Å². The van der Waals surface area contributed by atoms with Crippen molar-refractivity contribution in [1.82, 2.24) is 4.90 Å². The number of rotatable bonds is 1. The van der Waals surface area contributed by atoms with Crippen LogP contribution in [0, 0.1) is 23.2 Å². The van der Waals surface area contributed by atoms with E-state index in [4.69, 9.17) is 5.73 Å². The van der Waals surface area contributed by atoms with Gasteiger partial charge in [-0.25, -0.2) is 0 Å². The molecule has 2 rings (SSSR count). The normalized spacial score (nSPS) is 35.7. The van der Waals surface area contributed by atoms with Crippen LogP contribution in [0.3, 0.4) is 0 Å². The highest BCUT2D eigenvalue weighted by Crippen LogP contribution is 2.51. The Labute approximate surface area is 85.6 Å². The predicted octanol–water partition coefficient (Wildman–Crippen LogP) is 0.696. The van der Waals surface area contributed by atoms with E-state index in [0.29, 0.717) is 23.7 Å². The SMILES string of the molecule is CC(C)(C)C(=O)N1C[C@@H]2C(CN)[C@@H]2C1. The maximum atomic E-state index is 11.9. The molecule has 1 aliphatic heterocycles. The van der Waals surface area contributed by atoms with Crippen molar-refractivity contribution in [2.24, 2.45) is 28.9 Å². The largest absolute Gasteiger partial charge is 0.342 e. The van der Waals surface area contributed by atoms with Gasteiger partial charge in [0.05, 0.1) is 0 Å². The summed E-state index contributed by atoms with van der Waals surface area (Å²) in [4.78, 5) is 13.9. The Kier molecular flexibility index (Phi) is 2.11. The zero-order valence-corrected chi connectivity index (χ0v) is 9.29. The van der Waals surface area contributed by atoms with Gasteiger partial charge in [0.1, 0.15) is 0 Å². The van der Waals surface area contributed by atoms with Crippen LogP contribution in [0.25, 0.3) is 0 Å². The molecular weight excluding hydrogens is 176 g/mol. The third-order valence-corrected chi connectivity index (χ3v) is 3.57. The van der Waals surface area contributed by atoms with Gasteiger partial charge in [-0.3, -0.25) is 4.79 Å². The molecule has 1 aliphatic carbocycles. The van der Waals surface area contributed by atoms with Crippen LogP contribution < -0.4 is 5.73 Å². The number of hydrogen-bond donors (Lipinski definition) is 1. The first-order valence-electron chi connectivity index (χ1n) is 5.44. The number of fused-ring (bicyclic) bond motifs is 1. The summed E-state index contributed by atoms with van der Waals surface area (Å²) in [5.74, 6) is 2.43. The fraction of sp³-hybridized carbons (Fsp3) is 0.909. The molecule has 0 spiro atoms. The highest BCUT2D eigenvalue weighted by Gasteiger charge is 2.56. The summed E-state index contributed by atoms with van der Waals surface area (Å²) in [7, 11) is 0. The zero-order valence-electron chi connectivity index (χ0n) is 9.29. The van der Waals surface area contributed by atoms with Crippen molar-refractivity contribution in [3.05, 3.63) is 0 Å². The van der Waals surface area contributed by atoms with Crippen molar-refractivity contribution in [1.29, 1.82) is 0 Å². The lowest BCUT2D eigenvalue weighted by atomic mass is 9.94. The minimum atomic E-state index is -0.227. The third-order valence-electron chi connectivity index (χ3n) is 3.57. The van der Waals surface area contributed by atoms with Gasteiger partial charge >= 0.3 is 0 Å². The lowest BCUT2D eigenvalue weighted by Gasteiger charge is -2.27. The lowest BCUT2D eigenvalue weighted by Crippen LogP contribution is -2.40. The average Bonchev–Trinajstić information content (AvgIpc) is 2.55. The van der Waals surface area contributed by atoms with Crippen LogP contribution in [0.2, 0.25) is 0 Å². The topological polar surface area (TPSA) is 46.3 Å². The number of amides is 1. The maximum absolute atomic E-state index is 11.9. The van der Waals surface area contributed by atoms with Gasteiger partial charge in [-0.1, -0.05) is 20.8 Å². The van der Waals surface area contributed by atoms with Gasteiger partial charge in [0.25, 0.3) is 0 Å². The van der Waals surface area contributed by atoms with Gasteiger partial charge in [0, 0.05) is 18.5 Å². The smallest absolute Gasteiger partial charge is 0.227 e. The Hall–Kier alpha value is -0.570. The van der Waals surface area contributed by atoms with Gasteiger partial charge in [-0.05, 0) is 24.3 Å². The van der Waals surface area contributed by atoms with Crippen LogP contribution in [-0.2, 0) is 4.79 Å². The molecule has 1 heterocycles. The predicted molar refractivity (Wildman–Crippen MR) is 55.6 cm³/mol. The van der Waals surface area contributed by atoms with Crippen LogP contribution >= 0.6 is 0 Å². The summed E-state index contributed by atoms with van der Waals surface area (Å²) in [6, 6.07) is 0. The fourth-order valence-corrected chi connectivity index (χ4v) is 2.64. The van der Waals surface area contributed by atoms with Gasteiger partial charge in [-0.15, -0.1) is 0 Å². The minimum absolute atomic E-state index is 0.227. The van der Waals surface area contributed by atoms with Gasteiger partial charge in [-0.2, -0.15) is 0 Å². The number of likely N-dealkylation sites (tertiary alicyclic amines) is 1. The molecule has 0 aromatic heterocycles. The molecule has 2 N–H and O–H groups in total. The van der Waals surface area contributed by atoms with E-state index in [1.54, 1.807) is 0 Å². The molecule has 0 radical (unpaired) electrons. The summed E-state index contributed by atoms with van der Waals surface area (Å²) in [5, 5.41) is 0. The van der Waals surface area contributed by atoms with Gasteiger partial charge in [0.15, 0.2) is 0 Å². The molecule has 2 aliphatic rings. The van der Waals surface area contributed by atoms with Crippen LogP contribution in [0.5, 0.6) is 0 Å². The van der Waals surface area contributed by atoms with E-state index >= 15 is 0 Å². The van der Waals surface area contributed by atoms with Gasteiger partial charge < -0.3 is 10.6 Å². The first-order chi connectivity index (χ1) is 6.45. The Morgan fingerprint density at radius 1 is 1.36 bits per heavy atom. The molecule has 0 aromatic rings. The van der Waals surface area contributed by atoms with Gasteiger partial charge in [0.2, 0.25) is 5.91 Å². The molecule has 1 unspecified atom stereocenters. The zero-order chi connectivity index (χ0) is 10.5. The van der Waals surface area contributed by atoms with Crippen molar-refractivity contribution in [3.63, 3.8) is 0 Å². The third kappa shape index (κ3) is 1.44. The first kappa shape index (κ1) is 9.97. The summed E-state index contributed by atoms with van der Waals surface area (Å²) in [6.07, 6.45) is 0. The molecule has 2 fully saturated rings. The number of carbonyl (C=O) groups excluding carboxylic acids is 1. The van der Waals surface area contributed by atoms with E-state index in [0.717, 1.165) is 19.6 Å². The quantitative estimate of drug-likeness (QED) is 0.671. The number of piperidine rings is 1. The number of carbonyl (C=O) groups is 1. The average molecular weight is 196 g/mol. The highest BCUT2D eigenvalue weighted by molar-refractivity contribution is 5.82. The molecule has 1 saturated heterocycles. The first-order valence-corrected chi connectivity index (χ1v) is 5.44. The molecule has 14 heavy (non-hydrogen) atoms. The highest BCUT2D eigenvalue weighted by atomic mass is 16.2. The summed E-state index contributed by atoms with van der Waals surface area (Å²) in [5.41, 5.74) is 5.40. The Morgan fingerprint density at radius 3 is 2.21 bits per heavy atom. The van der Waals surface area contributed by atoms with Crippen molar-refractivity contribution >= 4 is 5.91 Å². The molecule has 0 aromatic carbocycles. The van der Waals surface area contributed by atoms with Crippen LogP contribution in [0.15, 0.2) is 0 Å². The number of nitrogens with two attached hydrogens (primary N) is 1. The second-order valence-corrected chi connectivity index (χ2v) is 5.69. The molecule has 3 heteroatoms. The van der Waals surface area contributed by atoms with Crippen LogP contribution in [0.1, 0.15) is 20.8 Å². The fourth-order valence-electron chi connectivity index (χ4n) is 2.64. The lowest BCUT2D eigenvalue weighted by molar-refractivity contribution is -0.139. The van der Waals surface area contributed by atoms with Crippen molar-refractivity contribution < 1.29 is 4.79 Å². The molecule has 1 saturated carbocycles. The second kappa shape index (κ2) is 2.96. The Morgan fingerprint density at radius 2 is 1.86 bits per heavy atom. The van der Waals surface area contributed by atoms with E-state index in [-0.39, 0.29) is 5.41 Å². The Balaban J connectivity index is 1.91. The molecular formula is C11H20N2O. The van der Waals surface area contributed by atoms with Crippen molar-refractivity contribution in [2.75, 3.05) is 19.6 Å². The minimum Gasteiger partial charge on any atom is -0.342 e. The number of hydrogen-bond acceptors (Lipinski definition) is 2. The van der Waals surface area contributed by atoms with E-state index in [1.807, 2.05) is 25.7 Å². The van der Waals surface area contributed by atoms with Crippen molar-refractivity contribution in [2.45, 2.75) is 20.8 Å². The van der Waals surface area contributed by atoms with E-state index < -0.39 is 0 Å². The van der Waals surface area contributed by atoms with Crippen molar-refractivity contribution in [3.8, 4) is 0 Å². The standard InChI is InChI=1S/C11H20N2O/c1-11(2,3)10(14)13-5-8-7(4-12)9(8)6-13/h7-9H,4-6,12H2,1-3H3/t7?,8-,9+. The Bertz CT molecular complexity index is 245. The molecule has 3 atom stereocenters. The van der Waals surface area contributed by atoms with E-state index in [1.165, 1.54) is 0 Å². The number of nitrogens with zero attached hydrogens (tertiary/aromatic N) is 1. The molecule has 0 bridgehead atoms. The monoisotopic (exact) mass is 196 g/mol. The summed E-state index contributed by atoms with van der Waals surface area (Å²) in [6.45, 7) is 8.65. The second-order valence-electron chi connectivity index (χ2n) is 5.69. The molecule has 1 amide bonds. The molecule has 3 nitrogen and oxygen atoms in total.